The second kappa shape index (κ2) is 10.8. The van der Waals surface area contributed by atoms with E-state index < -0.39 is 0 Å². The minimum atomic E-state index is 0.605. The Morgan fingerprint density at radius 2 is 1.45 bits per heavy atom. The van der Waals surface area contributed by atoms with Crippen molar-refractivity contribution >= 4 is 5.69 Å². The van der Waals surface area contributed by atoms with E-state index in [1.807, 2.05) is 0 Å². The fourth-order valence-corrected chi connectivity index (χ4v) is 2.64. The molecule has 0 amide bonds. The van der Waals surface area contributed by atoms with Gasteiger partial charge in [-0.25, -0.2) is 0 Å². The van der Waals surface area contributed by atoms with Gasteiger partial charge in [0.15, 0.2) is 0 Å². The lowest BCUT2D eigenvalue weighted by molar-refractivity contribution is 0.463. The maximum absolute atomic E-state index is 3.69. The van der Waals surface area contributed by atoms with Crippen molar-refractivity contribution in [1.82, 2.24) is 0 Å². The van der Waals surface area contributed by atoms with E-state index in [-0.39, 0.29) is 0 Å². The van der Waals surface area contributed by atoms with Crippen LogP contribution >= 0.6 is 0 Å². The minimum absolute atomic E-state index is 0.605. The van der Waals surface area contributed by atoms with Crippen molar-refractivity contribution < 1.29 is 0 Å². The Hall–Kier alpha value is -0.980. The van der Waals surface area contributed by atoms with E-state index in [0.29, 0.717) is 12.0 Å². The normalized spacial score (nSPS) is 12.6. The number of anilines is 1. The Balaban J connectivity index is 2.19. The maximum atomic E-state index is 3.69. The average Bonchev–Trinajstić information content (AvgIpc) is 2.46. The number of hydrogen-bond acceptors (Lipinski definition) is 1. The summed E-state index contributed by atoms with van der Waals surface area (Å²) in [5, 5.41) is 3.69. The standard InChI is InChI=1S/C19H33N/c1-4-5-6-7-8-9-13-16-19(17(2)3)20-18-14-11-10-12-15-18/h10-12,14-15,17,19-20H,4-9,13,16H2,1-3H3. The number of nitrogens with one attached hydrogen (secondary N) is 1. The van der Waals surface area contributed by atoms with Gasteiger partial charge in [0.2, 0.25) is 0 Å². The molecule has 0 saturated carbocycles. The third kappa shape index (κ3) is 7.57. The quantitative estimate of drug-likeness (QED) is 0.470. The number of unbranched alkanes of at least 4 members (excludes halogenated alkanes) is 6. The second-order valence-electron chi connectivity index (χ2n) is 6.27. The van der Waals surface area contributed by atoms with Gasteiger partial charge in [0.25, 0.3) is 0 Å². The fourth-order valence-electron chi connectivity index (χ4n) is 2.64. The van der Waals surface area contributed by atoms with Gasteiger partial charge in [0.1, 0.15) is 0 Å². The van der Waals surface area contributed by atoms with Crippen LogP contribution in [0.25, 0.3) is 0 Å². The van der Waals surface area contributed by atoms with E-state index in [1.165, 1.54) is 57.1 Å². The second-order valence-corrected chi connectivity index (χ2v) is 6.27. The van der Waals surface area contributed by atoms with Crippen LogP contribution in [0, 0.1) is 5.92 Å². The van der Waals surface area contributed by atoms with Crippen LogP contribution < -0.4 is 5.32 Å². The van der Waals surface area contributed by atoms with Crippen LogP contribution in [0.15, 0.2) is 30.3 Å². The lowest BCUT2D eigenvalue weighted by Gasteiger charge is -2.23. The van der Waals surface area contributed by atoms with Crippen molar-refractivity contribution in [2.24, 2.45) is 5.92 Å². The van der Waals surface area contributed by atoms with Crippen LogP contribution in [-0.2, 0) is 0 Å². The van der Waals surface area contributed by atoms with Crippen molar-refractivity contribution in [3.8, 4) is 0 Å². The van der Waals surface area contributed by atoms with Gasteiger partial charge in [0.05, 0.1) is 0 Å². The molecule has 1 unspecified atom stereocenters. The molecule has 1 atom stereocenters. The van der Waals surface area contributed by atoms with Gasteiger partial charge in [-0.15, -0.1) is 0 Å². The molecule has 1 rings (SSSR count). The zero-order valence-electron chi connectivity index (χ0n) is 13.7. The van der Waals surface area contributed by atoms with Gasteiger partial charge in [-0.05, 0) is 24.5 Å². The monoisotopic (exact) mass is 275 g/mol. The van der Waals surface area contributed by atoms with Crippen LogP contribution in [0.5, 0.6) is 0 Å². The number of hydrogen-bond donors (Lipinski definition) is 1. The Bertz CT molecular complexity index is 318. The summed E-state index contributed by atoms with van der Waals surface area (Å²) in [6.07, 6.45) is 11.0. The molecule has 0 spiro atoms. The van der Waals surface area contributed by atoms with Gasteiger partial charge in [0, 0.05) is 11.7 Å². The molecule has 1 aromatic carbocycles. The highest BCUT2D eigenvalue weighted by molar-refractivity contribution is 5.43. The number of rotatable bonds is 11. The third-order valence-corrected chi connectivity index (χ3v) is 4.05. The predicted molar refractivity (Wildman–Crippen MR) is 91.3 cm³/mol. The van der Waals surface area contributed by atoms with Crippen molar-refractivity contribution in [3.05, 3.63) is 30.3 Å². The van der Waals surface area contributed by atoms with E-state index >= 15 is 0 Å². The van der Waals surface area contributed by atoms with Gasteiger partial charge < -0.3 is 5.32 Å². The van der Waals surface area contributed by atoms with Crippen LogP contribution in [0.3, 0.4) is 0 Å². The zero-order valence-corrected chi connectivity index (χ0v) is 13.7. The topological polar surface area (TPSA) is 12.0 Å². The molecule has 1 N–H and O–H groups in total. The first-order valence-corrected chi connectivity index (χ1v) is 8.55. The van der Waals surface area contributed by atoms with Crippen LogP contribution in [0.4, 0.5) is 5.69 Å². The minimum Gasteiger partial charge on any atom is -0.382 e. The predicted octanol–water partition coefficient (Wildman–Crippen LogP) is 6.26. The lowest BCUT2D eigenvalue weighted by atomic mass is 9.97. The van der Waals surface area contributed by atoms with E-state index in [1.54, 1.807) is 0 Å². The molecule has 0 bridgehead atoms. The lowest BCUT2D eigenvalue weighted by Crippen LogP contribution is -2.25. The molecule has 0 fully saturated rings. The largest absolute Gasteiger partial charge is 0.382 e. The molecule has 1 nitrogen and oxygen atoms in total. The summed E-state index contributed by atoms with van der Waals surface area (Å²) in [4.78, 5) is 0. The molecular weight excluding hydrogens is 242 g/mol. The van der Waals surface area contributed by atoms with Gasteiger partial charge in [-0.1, -0.05) is 83.9 Å². The van der Waals surface area contributed by atoms with Crippen molar-refractivity contribution in [1.29, 1.82) is 0 Å². The summed E-state index contributed by atoms with van der Waals surface area (Å²) in [6, 6.07) is 11.2. The molecule has 20 heavy (non-hydrogen) atoms. The molecule has 0 aliphatic heterocycles. The van der Waals surface area contributed by atoms with Crippen LogP contribution in [-0.4, -0.2) is 6.04 Å². The summed E-state index contributed by atoms with van der Waals surface area (Å²) in [5.41, 5.74) is 1.26. The molecule has 0 aliphatic rings. The highest BCUT2D eigenvalue weighted by atomic mass is 14.9. The Morgan fingerprint density at radius 3 is 2.05 bits per heavy atom. The van der Waals surface area contributed by atoms with Crippen molar-refractivity contribution in [2.45, 2.75) is 78.2 Å². The smallest absolute Gasteiger partial charge is 0.0342 e. The van der Waals surface area contributed by atoms with Gasteiger partial charge in [-0.2, -0.15) is 0 Å². The van der Waals surface area contributed by atoms with Gasteiger partial charge >= 0.3 is 0 Å². The molecule has 1 heteroatoms. The SMILES string of the molecule is CCCCCCCCCC(Nc1ccccc1)C(C)C. The fraction of sp³-hybridized carbons (Fsp3) is 0.684. The van der Waals surface area contributed by atoms with Crippen LogP contribution in [0.2, 0.25) is 0 Å². The van der Waals surface area contributed by atoms with Crippen molar-refractivity contribution in [3.63, 3.8) is 0 Å². The summed E-state index contributed by atoms with van der Waals surface area (Å²) in [5.74, 6) is 0.690. The molecule has 0 aliphatic carbocycles. The summed E-state index contributed by atoms with van der Waals surface area (Å²) < 4.78 is 0. The van der Waals surface area contributed by atoms with Gasteiger partial charge in [-0.3, -0.25) is 0 Å². The Labute approximate surface area is 126 Å². The summed E-state index contributed by atoms with van der Waals surface area (Å²) >= 11 is 0. The first-order chi connectivity index (χ1) is 9.74. The molecule has 0 aromatic heterocycles. The molecule has 0 heterocycles. The summed E-state index contributed by atoms with van der Waals surface area (Å²) in [6.45, 7) is 6.92. The average molecular weight is 275 g/mol. The molecule has 0 radical (unpaired) electrons. The summed E-state index contributed by atoms with van der Waals surface area (Å²) in [7, 11) is 0. The van der Waals surface area contributed by atoms with E-state index in [9.17, 15) is 0 Å². The Morgan fingerprint density at radius 1 is 0.850 bits per heavy atom. The van der Waals surface area contributed by atoms with E-state index in [4.69, 9.17) is 0 Å². The zero-order chi connectivity index (χ0) is 14.6. The molecular formula is C19H33N. The first-order valence-electron chi connectivity index (χ1n) is 8.55. The van der Waals surface area contributed by atoms with E-state index in [2.05, 4.69) is 56.4 Å². The number of benzene rings is 1. The molecule has 0 saturated heterocycles. The molecule has 114 valence electrons. The first kappa shape index (κ1) is 17.1. The third-order valence-electron chi connectivity index (χ3n) is 4.05. The van der Waals surface area contributed by atoms with Crippen molar-refractivity contribution in [2.75, 3.05) is 5.32 Å². The Kier molecular flexibility index (Phi) is 9.19. The maximum Gasteiger partial charge on any atom is 0.0342 e. The molecule has 1 aromatic rings. The highest BCUT2D eigenvalue weighted by Crippen LogP contribution is 2.18. The number of para-hydroxylation sites is 1. The highest BCUT2D eigenvalue weighted by Gasteiger charge is 2.12. The van der Waals surface area contributed by atoms with Crippen LogP contribution in [0.1, 0.15) is 72.1 Å². The van der Waals surface area contributed by atoms with E-state index in [0.717, 1.165) is 0 Å².